The van der Waals surface area contributed by atoms with Gasteiger partial charge < -0.3 is 10.2 Å². The maximum atomic E-state index is 14.5. The van der Waals surface area contributed by atoms with Gasteiger partial charge in [-0.1, -0.05) is 96.0 Å². The molecule has 44 heavy (non-hydrogen) atoms. The smallest absolute Gasteiger partial charge is 0.264 e. The van der Waals surface area contributed by atoms with Crippen LogP contribution in [0.5, 0.6) is 0 Å². The van der Waals surface area contributed by atoms with Crippen LogP contribution in [0.25, 0.3) is 0 Å². The molecule has 4 aromatic carbocycles. The minimum absolute atomic E-state index is 0.0378. The average molecular weight is 632 g/mol. The molecular weight excluding hydrogens is 594 g/mol. The van der Waals surface area contributed by atoms with E-state index in [2.05, 4.69) is 5.32 Å². The number of anilines is 1. The number of benzene rings is 4. The van der Waals surface area contributed by atoms with Crippen LogP contribution in [0, 0.1) is 13.8 Å². The molecule has 0 aliphatic heterocycles. The molecule has 0 radical (unpaired) electrons. The number of hydrogen-bond acceptors (Lipinski definition) is 4. The number of carbonyl (C=O) groups is 2. The molecule has 0 heterocycles. The Morgan fingerprint density at radius 1 is 0.818 bits per heavy atom. The first kappa shape index (κ1) is 32.8. The number of hydrogen-bond donors (Lipinski definition) is 1. The first-order valence-corrected chi connectivity index (χ1v) is 16.3. The van der Waals surface area contributed by atoms with Crippen molar-refractivity contribution in [3.8, 4) is 0 Å². The first-order chi connectivity index (χ1) is 21.0. The quantitative estimate of drug-likeness (QED) is 0.198. The number of sulfonamides is 1. The van der Waals surface area contributed by atoms with Gasteiger partial charge in [0.05, 0.1) is 10.6 Å². The van der Waals surface area contributed by atoms with Crippen LogP contribution in [0.4, 0.5) is 5.69 Å². The standard InChI is InChI=1S/C35H38ClN3O4S/c1-25(2)37-35(41)33(21-28-13-7-5-8-14-28)38(23-29-15-11-12-26(3)20-29)34(40)24-39(32-22-30(36)19-18-27(32)4)44(42,43)31-16-9-6-10-17-31/h5-20,22,25,33H,21,23-24H2,1-4H3,(H,37,41). The molecule has 9 heteroatoms. The summed E-state index contributed by atoms with van der Waals surface area (Å²) in [6.45, 7) is 7.02. The molecule has 1 N–H and O–H groups in total. The van der Waals surface area contributed by atoms with E-state index in [1.807, 2.05) is 75.4 Å². The molecular formula is C35H38ClN3O4S. The highest BCUT2D eigenvalue weighted by Crippen LogP contribution is 2.30. The van der Waals surface area contributed by atoms with Crippen molar-refractivity contribution in [1.29, 1.82) is 0 Å². The summed E-state index contributed by atoms with van der Waals surface area (Å²) in [6.07, 6.45) is 0.249. The van der Waals surface area contributed by atoms with E-state index in [1.54, 1.807) is 43.3 Å². The van der Waals surface area contributed by atoms with Crippen molar-refractivity contribution in [3.63, 3.8) is 0 Å². The summed E-state index contributed by atoms with van der Waals surface area (Å²) < 4.78 is 29.4. The van der Waals surface area contributed by atoms with E-state index < -0.39 is 28.5 Å². The average Bonchev–Trinajstić information content (AvgIpc) is 2.99. The third-order valence-corrected chi connectivity index (χ3v) is 9.20. The van der Waals surface area contributed by atoms with Crippen molar-refractivity contribution in [3.05, 3.63) is 130 Å². The van der Waals surface area contributed by atoms with Crippen LogP contribution in [0.1, 0.15) is 36.1 Å². The van der Waals surface area contributed by atoms with Crippen LogP contribution in [0.2, 0.25) is 5.02 Å². The van der Waals surface area contributed by atoms with Gasteiger partial charge in [-0.05, 0) is 68.7 Å². The van der Waals surface area contributed by atoms with Gasteiger partial charge in [0.1, 0.15) is 12.6 Å². The lowest BCUT2D eigenvalue weighted by Crippen LogP contribution is -2.54. The summed E-state index contributed by atoms with van der Waals surface area (Å²) >= 11 is 6.34. The second-order valence-corrected chi connectivity index (χ2v) is 13.4. The molecule has 0 saturated carbocycles. The molecule has 4 aromatic rings. The van der Waals surface area contributed by atoms with E-state index in [-0.39, 0.29) is 35.5 Å². The maximum Gasteiger partial charge on any atom is 0.264 e. The van der Waals surface area contributed by atoms with E-state index in [4.69, 9.17) is 11.6 Å². The van der Waals surface area contributed by atoms with Gasteiger partial charge in [0, 0.05) is 24.0 Å². The molecule has 1 atom stereocenters. The Labute approximate surface area is 265 Å². The lowest BCUT2D eigenvalue weighted by atomic mass is 10.0. The topological polar surface area (TPSA) is 86.8 Å². The number of nitrogens with one attached hydrogen (secondary N) is 1. The minimum Gasteiger partial charge on any atom is -0.352 e. The predicted molar refractivity (Wildman–Crippen MR) is 176 cm³/mol. The highest BCUT2D eigenvalue weighted by atomic mass is 35.5. The molecule has 0 aliphatic carbocycles. The number of carbonyl (C=O) groups excluding carboxylic acids is 2. The Morgan fingerprint density at radius 2 is 1.45 bits per heavy atom. The molecule has 1 unspecified atom stereocenters. The minimum atomic E-state index is -4.20. The Balaban J connectivity index is 1.83. The fourth-order valence-corrected chi connectivity index (χ4v) is 6.68. The van der Waals surface area contributed by atoms with Gasteiger partial charge in [0.2, 0.25) is 11.8 Å². The molecule has 0 saturated heterocycles. The molecule has 0 aromatic heterocycles. The van der Waals surface area contributed by atoms with E-state index in [0.29, 0.717) is 10.6 Å². The molecule has 7 nitrogen and oxygen atoms in total. The number of rotatable bonds is 12. The molecule has 4 rings (SSSR count). The summed E-state index contributed by atoms with van der Waals surface area (Å²) in [4.78, 5) is 29.8. The molecule has 0 bridgehead atoms. The lowest BCUT2D eigenvalue weighted by Gasteiger charge is -2.34. The predicted octanol–water partition coefficient (Wildman–Crippen LogP) is 6.32. The normalized spacial score (nSPS) is 12.0. The van der Waals surface area contributed by atoms with Crippen molar-refractivity contribution >= 4 is 39.1 Å². The lowest BCUT2D eigenvalue weighted by molar-refractivity contribution is -0.140. The number of amides is 2. The van der Waals surface area contributed by atoms with Crippen molar-refractivity contribution in [2.45, 2.75) is 57.6 Å². The monoisotopic (exact) mass is 631 g/mol. The molecule has 0 spiro atoms. The zero-order valence-electron chi connectivity index (χ0n) is 25.4. The zero-order valence-corrected chi connectivity index (χ0v) is 27.0. The number of aryl methyl sites for hydroxylation is 2. The summed E-state index contributed by atoms with van der Waals surface area (Å²) in [6, 6.07) is 29.0. The highest BCUT2D eigenvalue weighted by molar-refractivity contribution is 7.92. The van der Waals surface area contributed by atoms with Gasteiger partial charge in [-0.25, -0.2) is 8.42 Å². The Morgan fingerprint density at radius 3 is 2.09 bits per heavy atom. The second-order valence-electron chi connectivity index (χ2n) is 11.1. The van der Waals surface area contributed by atoms with Gasteiger partial charge >= 0.3 is 0 Å². The Bertz CT molecular complexity index is 1700. The van der Waals surface area contributed by atoms with Crippen LogP contribution < -0.4 is 9.62 Å². The van der Waals surface area contributed by atoms with Gasteiger partial charge in [0.25, 0.3) is 10.0 Å². The van der Waals surface area contributed by atoms with E-state index >= 15 is 0 Å². The zero-order chi connectivity index (χ0) is 31.9. The van der Waals surface area contributed by atoms with Gasteiger partial charge in [-0.15, -0.1) is 0 Å². The first-order valence-electron chi connectivity index (χ1n) is 14.5. The summed E-state index contributed by atoms with van der Waals surface area (Å²) in [5.41, 5.74) is 3.62. The van der Waals surface area contributed by atoms with E-state index in [9.17, 15) is 18.0 Å². The van der Waals surface area contributed by atoms with Crippen LogP contribution in [0.15, 0.2) is 108 Å². The highest BCUT2D eigenvalue weighted by Gasteiger charge is 2.35. The summed E-state index contributed by atoms with van der Waals surface area (Å²) in [5, 5.41) is 3.31. The van der Waals surface area contributed by atoms with Crippen molar-refractivity contribution in [2.75, 3.05) is 10.8 Å². The fourth-order valence-electron chi connectivity index (χ4n) is 5.03. The Hall–Kier alpha value is -4.14. The van der Waals surface area contributed by atoms with Crippen molar-refractivity contribution < 1.29 is 18.0 Å². The summed E-state index contributed by atoms with van der Waals surface area (Å²) in [5.74, 6) is -0.841. The van der Waals surface area contributed by atoms with Crippen LogP contribution in [0.3, 0.4) is 0 Å². The van der Waals surface area contributed by atoms with Crippen molar-refractivity contribution in [1.82, 2.24) is 10.2 Å². The van der Waals surface area contributed by atoms with Crippen LogP contribution in [-0.4, -0.2) is 43.8 Å². The molecule has 0 aliphatic rings. The summed E-state index contributed by atoms with van der Waals surface area (Å²) in [7, 11) is -4.20. The number of nitrogens with zero attached hydrogens (tertiary/aromatic N) is 2. The van der Waals surface area contributed by atoms with E-state index in [1.165, 1.54) is 17.0 Å². The van der Waals surface area contributed by atoms with Gasteiger partial charge in [0.15, 0.2) is 0 Å². The largest absolute Gasteiger partial charge is 0.352 e. The van der Waals surface area contributed by atoms with Crippen LogP contribution >= 0.6 is 11.6 Å². The van der Waals surface area contributed by atoms with Crippen molar-refractivity contribution in [2.24, 2.45) is 0 Å². The van der Waals surface area contributed by atoms with Gasteiger partial charge in [-0.2, -0.15) is 0 Å². The van der Waals surface area contributed by atoms with Crippen LogP contribution in [-0.2, 0) is 32.6 Å². The Kier molecular flexibility index (Phi) is 10.8. The third kappa shape index (κ3) is 8.27. The molecule has 0 fully saturated rings. The molecule has 230 valence electrons. The second kappa shape index (κ2) is 14.6. The van der Waals surface area contributed by atoms with E-state index in [0.717, 1.165) is 21.0 Å². The number of halogens is 1. The molecule has 2 amide bonds. The SMILES string of the molecule is Cc1cccc(CN(C(=O)CN(c2cc(Cl)ccc2C)S(=O)(=O)c2ccccc2)C(Cc2ccccc2)C(=O)NC(C)C)c1. The third-order valence-electron chi connectivity index (χ3n) is 7.19. The fraction of sp³-hybridized carbons (Fsp3) is 0.257. The maximum absolute atomic E-state index is 14.5. The van der Waals surface area contributed by atoms with Gasteiger partial charge in [-0.3, -0.25) is 13.9 Å².